The molecule has 0 aliphatic heterocycles. The number of pyridine rings is 1. The zero-order valence-electron chi connectivity index (χ0n) is 14.4. The number of carbonyl (C=O) groups is 1. The Morgan fingerprint density at radius 2 is 2.04 bits per heavy atom. The molecule has 2 heterocycles. The SMILES string of the molecule is CCN(C)C(=O)Cn1ccc2ncc(-c3ccc(F)c(C)c3F)cc21. The standard InChI is InChI=1S/C19H19F2N3O/c1-4-23(3)18(25)11-24-8-7-16-17(24)9-13(10-22-16)14-5-6-15(20)12(2)19(14)21/h5-10H,4,11H2,1-3H3. The summed E-state index contributed by atoms with van der Waals surface area (Å²) >= 11 is 0. The van der Waals surface area contributed by atoms with Gasteiger partial charge < -0.3 is 9.47 Å². The maximum atomic E-state index is 14.4. The largest absolute Gasteiger partial charge is 0.344 e. The average Bonchev–Trinajstić information content (AvgIpc) is 3.01. The molecule has 3 aromatic rings. The molecule has 25 heavy (non-hydrogen) atoms. The molecule has 1 aromatic carbocycles. The summed E-state index contributed by atoms with van der Waals surface area (Å²) in [5, 5.41) is 0. The van der Waals surface area contributed by atoms with Gasteiger partial charge in [0.15, 0.2) is 0 Å². The molecule has 3 rings (SSSR count). The van der Waals surface area contributed by atoms with Crippen molar-refractivity contribution in [3.63, 3.8) is 0 Å². The van der Waals surface area contributed by atoms with Crippen molar-refractivity contribution in [1.29, 1.82) is 0 Å². The second-order valence-corrected chi connectivity index (χ2v) is 6.01. The summed E-state index contributed by atoms with van der Waals surface area (Å²) in [5.74, 6) is -1.19. The molecule has 0 atom stereocenters. The van der Waals surface area contributed by atoms with Crippen LogP contribution >= 0.6 is 0 Å². The summed E-state index contributed by atoms with van der Waals surface area (Å²) in [6.07, 6.45) is 3.34. The smallest absolute Gasteiger partial charge is 0.242 e. The summed E-state index contributed by atoms with van der Waals surface area (Å²) in [6, 6.07) is 6.24. The fourth-order valence-corrected chi connectivity index (χ4v) is 2.68. The van der Waals surface area contributed by atoms with Gasteiger partial charge in [0.05, 0.1) is 11.0 Å². The minimum atomic E-state index is -0.596. The lowest BCUT2D eigenvalue weighted by Gasteiger charge is -2.15. The van der Waals surface area contributed by atoms with Crippen LogP contribution in [-0.4, -0.2) is 34.0 Å². The molecule has 4 nitrogen and oxygen atoms in total. The van der Waals surface area contributed by atoms with Crippen LogP contribution in [0.1, 0.15) is 12.5 Å². The molecule has 2 aromatic heterocycles. The van der Waals surface area contributed by atoms with Crippen molar-refractivity contribution < 1.29 is 13.6 Å². The minimum absolute atomic E-state index is 0.0192. The number of likely N-dealkylation sites (N-methyl/N-ethyl adjacent to an activating group) is 1. The van der Waals surface area contributed by atoms with Crippen LogP contribution < -0.4 is 0 Å². The number of hydrogen-bond acceptors (Lipinski definition) is 2. The van der Waals surface area contributed by atoms with Crippen molar-refractivity contribution in [3.8, 4) is 11.1 Å². The number of carbonyl (C=O) groups excluding carboxylic acids is 1. The molecule has 0 saturated carbocycles. The third-order valence-electron chi connectivity index (χ3n) is 4.46. The Morgan fingerprint density at radius 3 is 2.76 bits per heavy atom. The Kier molecular flexibility index (Phi) is 4.53. The molecule has 0 unspecified atom stereocenters. The van der Waals surface area contributed by atoms with Crippen LogP contribution in [0.15, 0.2) is 36.7 Å². The van der Waals surface area contributed by atoms with Gasteiger partial charge in [0.25, 0.3) is 0 Å². The van der Waals surface area contributed by atoms with Crippen LogP contribution in [0.3, 0.4) is 0 Å². The molecule has 0 spiro atoms. The Hall–Kier alpha value is -2.76. The van der Waals surface area contributed by atoms with E-state index in [9.17, 15) is 13.6 Å². The van der Waals surface area contributed by atoms with E-state index in [0.29, 0.717) is 12.1 Å². The van der Waals surface area contributed by atoms with Crippen LogP contribution in [-0.2, 0) is 11.3 Å². The van der Waals surface area contributed by atoms with Crippen LogP contribution in [0, 0.1) is 18.6 Å². The maximum absolute atomic E-state index is 14.4. The molecule has 130 valence electrons. The Balaban J connectivity index is 2.04. The Bertz CT molecular complexity index is 949. The van der Waals surface area contributed by atoms with E-state index in [2.05, 4.69) is 4.98 Å². The zero-order chi connectivity index (χ0) is 18.1. The van der Waals surface area contributed by atoms with E-state index in [0.717, 1.165) is 11.0 Å². The molecule has 6 heteroatoms. The van der Waals surface area contributed by atoms with Crippen molar-refractivity contribution in [1.82, 2.24) is 14.5 Å². The lowest BCUT2D eigenvalue weighted by molar-refractivity contribution is -0.130. The van der Waals surface area contributed by atoms with Gasteiger partial charge in [0, 0.05) is 42.7 Å². The fourth-order valence-electron chi connectivity index (χ4n) is 2.68. The van der Waals surface area contributed by atoms with Crippen molar-refractivity contribution in [2.24, 2.45) is 0 Å². The van der Waals surface area contributed by atoms with Gasteiger partial charge in [-0.1, -0.05) is 0 Å². The first-order valence-electron chi connectivity index (χ1n) is 8.06. The summed E-state index contributed by atoms with van der Waals surface area (Å²) in [4.78, 5) is 18.1. The second kappa shape index (κ2) is 6.63. The third kappa shape index (κ3) is 3.12. The molecule has 0 aliphatic rings. The highest BCUT2D eigenvalue weighted by Gasteiger charge is 2.14. The van der Waals surface area contributed by atoms with E-state index in [1.54, 1.807) is 35.0 Å². The van der Waals surface area contributed by atoms with E-state index in [4.69, 9.17) is 0 Å². The lowest BCUT2D eigenvalue weighted by atomic mass is 10.0. The zero-order valence-corrected chi connectivity index (χ0v) is 14.4. The number of nitrogens with zero attached hydrogens (tertiary/aromatic N) is 3. The first-order valence-corrected chi connectivity index (χ1v) is 8.06. The molecule has 0 radical (unpaired) electrons. The van der Waals surface area contributed by atoms with Gasteiger partial charge in [-0.15, -0.1) is 0 Å². The van der Waals surface area contributed by atoms with Crippen LogP contribution in [0.4, 0.5) is 8.78 Å². The van der Waals surface area contributed by atoms with Crippen LogP contribution in [0.2, 0.25) is 0 Å². The molecule has 0 N–H and O–H groups in total. The molecular formula is C19H19F2N3O. The van der Waals surface area contributed by atoms with Crippen LogP contribution in [0.25, 0.3) is 22.2 Å². The summed E-state index contributed by atoms with van der Waals surface area (Å²) in [6.45, 7) is 4.12. The van der Waals surface area contributed by atoms with Crippen molar-refractivity contribution in [2.45, 2.75) is 20.4 Å². The average molecular weight is 343 g/mol. The summed E-state index contributed by atoms with van der Waals surface area (Å²) < 4.78 is 29.7. The van der Waals surface area contributed by atoms with Gasteiger partial charge in [-0.2, -0.15) is 0 Å². The highest BCUT2D eigenvalue weighted by Crippen LogP contribution is 2.28. The first kappa shape index (κ1) is 17.1. The van der Waals surface area contributed by atoms with E-state index in [1.807, 2.05) is 13.0 Å². The van der Waals surface area contributed by atoms with E-state index in [-0.39, 0.29) is 23.6 Å². The fraction of sp³-hybridized carbons (Fsp3) is 0.263. The lowest BCUT2D eigenvalue weighted by Crippen LogP contribution is -2.29. The predicted molar refractivity (Wildman–Crippen MR) is 93.1 cm³/mol. The Labute approximate surface area is 144 Å². The number of hydrogen-bond donors (Lipinski definition) is 0. The van der Waals surface area contributed by atoms with Gasteiger partial charge in [0.2, 0.25) is 5.91 Å². The molecule has 1 amide bonds. The molecule has 0 aliphatic carbocycles. The minimum Gasteiger partial charge on any atom is -0.344 e. The second-order valence-electron chi connectivity index (χ2n) is 6.01. The highest BCUT2D eigenvalue weighted by molar-refractivity contribution is 5.84. The van der Waals surface area contributed by atoms with Crippen molar-refractivity contribution >= 4 is 16.9 Å². The molecule has 0 fully saturated rings. The number of benzene rings is 1. The van der Waals surface area contributed by atoms with E-state index in [1.165, 1.54) is 19.1 Å². The van der Waals surface area contributed by atoms with Gasteiger partial charge in [-0.3, -0.25) is 9.78 Å². The monoisotopic (exact) mass is 343 g/mol. The predicted octanol–water partition coefficient (Wildman–Crippen LogP) is 3.77. The molecule has 0 saturated heterocycles. The van der Waals surface area contributed by atoms with Gasteiger partial charge in [-0.05, 0) is 38.1 Å². The normalized spacial score (nSPS) is 11.1. The Morgan fingerprint density at radius 1 is 1.28 bits per heavy atom. The summed E-state index contributed by atoms with van der Waals surface area (Å²) in [5.41, 5.74) is 2.27. The third-order valence-corrected chi connectivity index (χ3v) is 4.46. The van der Waals surface area contributed by atoms with E-state index >= 15 is 0 Å². The van der Waals surface area contributed by atoms with Crippen molar-refractivity contribution in [3.05, 3.63) is 53.9 Å². The first-order chi connectivity index (χ1) is 11.9. The molecule has 0 bridgehead atoms. The quantitative estimate of drug-likeness (QED) is 0.723. The number of aromatic nitrogens is 2. The maximum Gasteiger partial charge on any atom is 0.242 e. The van der Waals surface area contributed by atoms with Gasteiger partial charge in [-0.25, -0.2) is 8.78 Å². The van der Waals surface area contributed by atoms with Crippen molar-refractivity contribution in [2.75, 3.05) is 13.6 Å². The van der Waals surface area contributed by atoms with Gasteiger partial charge >= 0.3 is 0 Å². The van der Waals surface area contributed by atoms with Gasteiger partial charge in [0.1, 0.15) is 18.2 Å². The number of fused-ring (bicyclic) bond motifs is 1. The topological polar surface area (TPSA) is 38.1 Å². The number of rotatable bonds is 4. The van der Waals surface area contributed by atoms with Crippen LogP contribution in [0.5, 0.6) is 0 Å². The number of amides is 1. The summed E-state index contributed by atoms with van der Waals surface area (Å²) in [7, 11) is 1.74. The van der Waals surface area contributed by atoms with E-state index < -0.39 is 11.6 Å². The highest BCUT2D eigenvalue weighted by atomic mass is 19.1. The molecular weight excluding hydrogens is 324 g/mol. The number of halogens is 2.